The van der Waals surface area contributed by atoms with Gasteiger partial charge in [0.2, 0.25) is 0 Å². The molecule has 1 aliphatic heterocycles. The van der Waals surface area contributed by atoms with Crippen molar-refractivity contribution in [2.24, 2.45) is 12.0 Å². The van der Waals surface area contributed by atoms with Crippen molar-refractivity contribution in [2.75, 3.05) is 26.2 Å². The largest absolute Gasteiger partial charge is 0.360 e. The quantitative estimate of drug-likeness (QED) is 0.237. The minimum Gasteiger partial charge on any atom is -0.360 e. The van der Waals surface area contributed by atoms with Crippen LogP contribution in [0.15, 0.2) is 58.3 Å². The molecule has 11 heteroatoms. The lowest BCUT2D eigenvalue weighted by molar-refractivity contribution is 0.0666. The summed E-state index contributed by atoms with van der Waals surface area (Å²) in [5, 5.41) is 22.4. The van der Waals surface area contributed by atoms with Crippen molar-refractivity contribution in [1.82, 2.24) is 34.4 Å². The number of rotatable bonds is 8. The first-order chi connectivity index (χ1) is 19.8. The molecule has 11 nitrogen and oxygen atoms in total. The third-order valence-corrected chi connectivity index (χ3v) is 7.35. The van der Waals surface area contributed by atoms with Gasteiger partial charge in [0.15, 0.2) is 0 Å². The van der Waals surface area contributed by atoms with Crippen LogP contribution in [0.25, 0.3) is 22.2 Å². The van der Waals surface area contributed by atoms with E-state index < -0.39 is 0 Å². The average Bonchev–Trinajstić information content (AvgIpc) is 3.71. The van der Waals surface area contributed by atoms with E-state index in [4.69, 9.17) is 4.52 Å². The molecule has 4 aromatic rings. The maximum atomic E-state index is 13.3. The third-order valence-electron chi connectivity index (χ3n) is 7.35. The van der Waals surface area contributed by atoms with Gasteiger partial charge in [-0.2, -0.15) is 15.5 Å². The molecule has 0 radical (unpaired) electrons. The molecule has 1 fully saturated rings. The minimum absolute atomic E-state index is 0.0358. The van der Waals surface area contributed by atoms with Gasteiger partial charge in [0.05, 0.1) is 29.2 Å². The predicted molar refractivity (Wildman–Crippen MR) is 156 cm³/mol. The molecule has 4 aromatic heterocycles. The number of carbonyl (C=O) groups is 1. The molecule has 210 valence electrons. The van der Waals surface area contributed by atoms with Gasteiger partial charge in [0.1, 0.15) is 23.2 Å². The third kappa shape index (κ3) is 5.41. The Kier molecular flexibility index (Phi) is 7.83. The molecule has 0 aliphatic carbocycles. The minimum atomic E-state index is -0.0358. The van der Waals surface area contributed by atoms with Gasteiger partial charge in [0, 0.05) is 68.7 Å². The molecule has 1 amide bonds. The first kappa shape index (κ1) is 27.6. The number of carbonyl (C=O) groups excluding carboxylic acids is 1. The lowest BCUT2D eigenvalue weighted by Crippen LogP contribution is -2.48. The van der Waals surface area contributed by atoms with Gasteiger partial charge in [-0.3, -0.25) is 9.48 Å². The van der Waals surface area contributed by atoms with Gasteiger partial charge in [-0.25, -0.2) is 9.51 Å². The predicted octanol–water partition coefficient (Wildman–Crippen LogP) is 4.26. The van der Waals surface area contributed by atoms with Crippen LogP contribution in [0.1, 0.15) is 53.2 Å². The van der Waals surface area contributed by atoms with Crippen LogP contribution < -0.4 is 0 Å². The molecule has 5 rings (SSSR count). The Bertz CT molecular complexity index is 1700. The van der Waals surface area contributed by atoms with Crippen LogP contribution in [0, 0.1) is 18.3 Å². The number of aliphatic imine (C=N–C) groups is 1. The molecule has 0 atom stereocenters. The fourth-order valence-corrected chi connectivity index (χ4v) is 5.16. The average molecular weight is 552 g/mol. The number of hydrogen-bond donors (Lipinski definition) is 0. The number of allylic oxidation sites excluding steroid dienone is 3. The van der Waals surface area contributed by atoms with E-state index in [9.17, 15) is 10.1 Å². The second kappa shape index (κ2) is 11.6. The molecule has 41 heavy (non-hydrogen) atoms. The van der Waals surface area contributed by atoms with Crippen molar-refractivity contribution >= 4 is 23.7 Å². The zero-order chi connectivity index (χ0) is 29.1. The van der Waals surface area contributed by atoms with Gasteiger partial charge in [0.25, 0.3) is 5.91 Å². The Balaban J connectivity index is 1.38. The summed E-state index contributed by atoms with van der Waals surface area (Å²) in [6, 6.07) is 4.31. The van der Waals surface area contributed by atoms with Crippen LogP contribution in [0.4, 0.5) is 0 Å². The summed E-state index contributed by atoms with van der Waals surface area (Å²) in [4.78, 5) is 21.5. The SMILES string of the molecule is C=N/C(=C\C=C(/C)c1cc(-c2cnn(C)c2)cn2ncc(C#N)c12)N1CCN(C(=O)c2c(C)noc2CCC)CC1. The van der Waals surface area contributed by atoms with Crippen LogP contribution in [-0.2, 0) is 13.5 Å². The number of hydrogen-bond acceptors (Lipinski definition) is 8. The van der Waals surface area contributed by atoms with E-state index in [1.807, 2.05) is 50.3 Å². The summed E-state index contributed by atoms with van der Waals surface area (Å²) < 4.78 is 8.90. The molecule has 0 N–H and O–H groups in total. The second-order valence-electron chi connectivity index (χ2n) is 10.1. The van der Waals surface area contributed by atoms with Crippen LogP contribution in [0.3, 0.4) is 0 Å². The Morgan fingerprint density at radius 3 is 2.56 bits per heavy atom. The highest BCUT2D eigenvalue weighted by Crippen LogP contribution is 2.29. The zero-order valence-electron chi connectivity index (χ0n) is 23.8. The summed E-state index contributed by atoms with van der Waals surface area (Å²) in [7, 11) is 1.87. The standard InChI is InChI=1S/C30H33N9O2/c1-6-7-26-28(21(3)35-41-26)30(40)38-12-10-37(11-13-38)27(32-4)9-8-20(2)25-14-22(24-17-33-36(5)18-24)19-39-29(25)23(15-31)16-34-39/h8-9,14,16-19H,4,6-7,10-13H2,1-3,5H3/b20-8+,27-9+. The van der Waals surface area contributed by atoms with E-state index in [0.29, 0.717) is 55.2 Å². The maximum Gasteiger partial charge on any atom is 0.259 e. The molecule has 5 heterocycles. The molecule has 1 aliphatic rings. The number of aryl methyl sites for hydroxylation is 3. The number of nitriles is 1. The molecular formula is C30H33N9O2. The summed E-state index contributed by atoms with van der Waals surface area (Å²) in [6.45, 7) is 12.0. The Hall–Kier alpha value is -4.98. The van der Waals surface area contributed by atoms with Crippen LogP contribution in [-0.4, -0.2) is 73.2 Å². The van der Waals surface area contributed by atoms with Gasteiger partial charge < -0.3 is 14.3 Å². The fraction of sp³-hybridized carbons (Fsp3) is 0.333. The number of amides is 1. The Labute approximate surface area is 238 Å². The van der Waals surface area contributed by atoms with E-state index in [1.54, 1.807) is 21.6 Å². The van der Waals surface area contributed by atoms with Crippen molar-refractivity contribution < 1.29 is 9.32 Å². The van der Waals surface area contributed by atoms with Crippen molar-refractivity contribution in [2.45, 2.75) is 33.6 Å². The normalized spacial score (nSPS) is 14.5. The maximum absolute atomic E-state index is 13.3. The highest BCUT2D eigenvalue weighted by atomic mass is 16.5. The monoisotopic (exact) mass is 551 g/mol. The van der Waals surface area contributed by atoms with Gasteiger partial charge in [-0.15, -0.1) is 0 Å². The fourth-order valence-electron chi connectivity index (χ4n) is 5.16. The summed E-state index contributed by atoms with van der Waals surface area (Å²) in [5.74, 6) is 1.34. The van der Waals surface area contributed by atoms with E-state index >= 15 is 0 Å². The summed E-state index contributed by atoms with van der Waals surface area (Å²) >= 11 is 0. The van der Waals surface area contributed by atoms with E-state index in [2.05, 4.69) is 51.0 Å². The molecule has 0 unspecified atom stereocenters. The first-order valence-corrected chi connectivity index (χ1v) is 13.6. The van der Waals surface area contributed by atoms with E-state index in [-0.39, 0.29) is 5.91 Å². The number of fused-ring (bicyclic) bond motifs is 1. The van der Waals surface area contributed by atoms with Gasteiger partial charge >= 0.3 is 0 Å². The van der Waals surface area contributed by atoms with Crippen molar-refractivity contribution in [3.8, 4) is 17.2 Å². The lowest BCUT2D eigenvalue weighted by atomic mass is 10.0. The number of nitrogens with zero attached hydrogens (tertiary/aromatic N) is 9. The zero-order valence-corrected chi connectivity index (χ0v) is 23.8. The second-order valence-corrected chi connectivity index (χ2v) is 10.1. The smallest absolute Gasteiger partial charge is 0.259 e. The number of piperazine rings is 1. The van der Waals surface area contributed by atoms with Crippen molar-refractivity contribution in [3.05, 3.63) is 77.0 Å². The lowest BCUT2D eigenvalue weighted by Gasteiger charge is -2.36. The van der Waals surface area contributed by atoms with Crippen molar-refractivity contribution in [1.29, 1.82) is 5.26 Å². The van der Waals surface area contributed by atoms with Crippen LogP contribution >= 0.6 is 0 Å². The van der Waals surface area contributed by atoms with E-state index in [0.717, 1.165) is 40.0 Å². The topological polar surface area (TPSA) is 121 Å². The molecule has 0 spiro atoms. The summed E-state index contributed by atoms with van der Waals surface area (Å²) in [6.07, 6.45) is 12.7. The highest BCUT2D eigenvalue weighted by Gasteiger charge is 2.28. The molecule has 1 saturated heterocycles. The number of aromatic nitrogens is 5. The summed E-state index contributed by atoms with van der Waals surface area (Å²) in [5.41, 5.74) is 6.20. The van der Waals surface area contributed by atoms with E-state index in [1.165, 1.54) is 0 Å². The van der Waals surface area contributed by atoms with Crippen molar-refractivity contribution in [3.63, 3.8) is 0 Å². The highest BCUT2D eigenvalue weighted by molar-refractivity contribution is 5.96. The van der Waals surface area contributed by atoms with Gasteiger partial charge in [-0.05, 0) is 44.7 Å². The molecule has 0 saturated carbocycles. The van der Waals surface area contributed by atoms with Gasteiger partial charge in [-0.1, -0.05) is 18.2 Å². The number of pyridine rings is 1. The molecule has 0 bridgehead atoms. The first-order valence-electron chi connectivity index (χ1n) is 13.6. The molecular weight excluding hydrogens is 518 g/mol. The Morgan fingerprint density at radius 1 is 1.15 bits per heavy atom. The Morgan fingerprint density at radius 2 is 1.90 bits per heavy atom. The van der Waals surface area contributed by atoms with Crippen LogP contribution in [0.2, 0.25) is 0 Å². The molecule has 0 aromatic carbocycles. The van der Waals surface area contributed by atoms with Crippen LogP contribution in [0.5, 0.6) is 0 Å².